The number of carbonyl (C=O) groups excluding carboxylic acids is 1. The van der Waals surface area contributed by atoms with E-state index < -0.39 is 0 Å². The monoisotopic (exact) mass is 482 g/mol. The van der Waals surface area contributed by atoms with Gasteiger partial charge in [0.05, 0.1) is 12.8 Å². The molecule has 0 fully saturated rings. The van der Waals surface area contributed by atoms with Gasteiger partial charge in [-0.15, -0.1) is 0 Å². The second-order valence-corrected chi connectivity index (χ2v) is 9.04. The molecule has 0 aliphatic heterocycles. The van der Waals surface area contributed by atoms with Crippen LogP contribution in [0.15, 0.2) is 120 Å². The van der Waals surface area contributed by atoms with Crippen molar-refractivity contribution in [2.45, 2.75) is 6.54 Å². The second kappa shape index (κ2) is 9.99. The SMILES string of the molecule is O=C(CNc1cccc2ccccc12)N/N=C\c1cn(Cc2cccc3ccccc23)c2ccccc12. The summed E-state index contributed by atoms with van der Waals surface area (Å²) in [6, 6.07) is 37.3. The first-order valence-electron chi connectivity index (χ1n) is 12.3. The van der Waals surface area contributed by atoms with Crippen LogP contribution in [-0.2, 0) is 11.3 Å². The maximum Gasteiger partial charge on any atom is 0.259 e. The summed E-state index contributed by atoms with van der Waals surface area (Å²) in [5.74, 6) is -0.205. The molecule has 0 saturated heterocycles. The highest BCUT2D eigenvalue weighted by Gasteiger charge is 2.09. The average molecular weight is 483 g/mol. The van der Waals surface area contributed by atoms with Crippen LogP contribution in [-0.4, -0.2) is 23.2 Å². The molecule has 0 spiro atoms. The lowest BCUT2D eigenvalue weighted by molar-refractivity contribution is -0.119. The van der Waals surface area contributed by atoms with Crippen LogP contribution in [0.2, 0.25) is 0 Å². The maximum absolute atomic E-state index is 12.5. The Balaban J connectivity index is 1.18. The number of nitrogens with zero attached hydrogens (tertiary/aromatic N) is 2. The number of anilines is 1. The molecule has 1 amide bonds. The van der Waals surface area contributed by atoms with Gasteiger partial charge in [0.15, 0.2) is 0 Å². The number of amides is 1. The van der Waals surface area contributed by atoms with Crippen molar-refractivity contribution in [3.05, 3.63) is 127 Å². The molecule has 6 aromatic rings. The van der Waals surface area contributed by atoms with Crippen LogP contribution in [0.4, 0.5) is 5.69 Å². The van der Waals surface area contributed by atoms with E-state index in [-0.39, 0.29) is 12.5 Å². The summed E-state index contributed by atoms with van der Waals surface area (Å²) < 4.78 is 2.24. The molecule has 0 aliphatic carbocycles. The minimum Gasteiger partial charge on any atom is -0.376 e. The van der Waals surface area contributed by atoms with Crippen LogP contribution < -0.4 is 10.7 Å². The lowest BCUT2D eigenvalue weighted by Gasteiger charge is -2.09. The van der Waals surface area contributed by atoms with E-state index >= 15 is 0 Å². The number of rotatable bonds is 7. The first-order valence-corrected chi connectivity index (χ1v) is 12.3. The van der Waals surface area contributed by atoms with Crippen LogP contribution in [0.5, 0.6) is 0 Å². The number of benzene rings is 5. The average Bonchev–Trinajstić information content (AvgIpc) is 3.29. The second-order valence-electron chi connectivity index (χ2n) is 9.04. The number of hydrogen-bond acceptors (Lipinski definition) is 3. The van der Waals surface area contributed by atoms with Crippen molar-refractivity contribution in [3.8, 4) is 0 Å². The van der Waals surface area contributed by atoms with E-state index in [4.69, 9.17) is 0 Å². The van der Waals surface area contributed by atoms with Crippen molar-refractivity contribution in [1.82, 2.24) is 9.99 Å². The van der Waals surface area contributed by atoms with Crippen molar-refractivity contribution in [2.75, 3.05) is 11.9 Å². The zero-order chi connectivity index (χ0) is 25.0. The molecule has 1 aromatic heterocycles. The summed E-state index contributed by atoms with van der Waals surface area (Å²) in [5.41, 5.74) is 6.92. The van der Waals surface area contributed by atoms with E-state index in [2.05, 4.69) is 93.3 Å². The van der Waals surface area contributed by atoms with Crippen molar-refractivity contribution >= 4 is 50.3 Å². The molecule has 1 heterocycles. The Bertz CT molecular complexity index is 1760. The largest absolute Gasteiger partial charge is 0.376 e. The summed E-state index contributed by atoms with van der Waals surface area (Å²) in [6.45, 7) is 0.880. The van der Waals surface area contributed by atoms with Gasteiger partial charge >= 0.3 is 0 Å². The molecule has 0 bridgehead atoms. The van der Waals surface area contributed by atoms with Gasteiger partial charge in [0, 0.05) is 40.3 Å². The van der Waals surface area contributed by atoms with Crippen molar-refractivity contribution in [1.29, 1.82) is 0 Å². The van der Waals surface area contributed by atoms with Crippen LogP contribution in [0, 0.1) is 0 Å². The Morgan fingerprint density at radius 3 is 2.22 bits per heavy atom. The predicted octanol–water partition coefficient (Wildman–Crippen LogP) is 6.56. The first kappa shape index (κ1) is 22.6. The first-order chi connectivity index (χ1) is 18.3. The van der Waals surface area contributed by atoms with Crippen molar-refractivity contribution in [2.24, 2.45) is 5.10 Å². The molecule has 37 heavy (non-hydrogen) atoms. The van der Waals surface area contributed by atoms with E-state index in [0.717, 1.165) is 39.5 Å². The lowest BCUT2D eigenvalue weighted by atomic mass is 10.0. The molecule has 180 valence electrons. The maximum atomic E-state index is 12.5. The fraction of sp³-hybridized carbons (Fsp3) is 0.0625. The number of aromatic nitrogens is 1. The number of nitrogens with one attached hydrogen (secondary N) is 2. The third kappa shape index (κ3) is 4.67. The summed E-state index contributed by atoms with van der Waals surface area (Å²) in [6.07, 6.45) is 3.81. The Labute approximate surface area is 215 Å². The van der Waals surface area contributed by atoms with Crippen LogP contribution in [0.3, 0.4) is 0 Å². The molecule has 0 aliphatic rings. The molecule has 5 heteroatoms. The molecule has 2 N–H and O–H groups in total. The summed E-state index contributed by atoms with van der Waals surface area (Å²) in [5, 5.41) is 13.3. The Kier molecular flexibility index (Phi) is 6.09. The molecule has 0 unspecified atom stereocenters. The molecule has 5 aromatic carbocycles. The van der Waals surface area contributed by atoms with Gasteiger partial charge in [-0.25, -0.2) is 5.43 Å². The van der Waals surface area contributed by atoms with Crippen LogP contribution in [0.25, 0.3) is 32.4 Å². The van der Waals surface area contributed by atoms with Gasteiger partial charge in [-0.1, -0.05) is 97.1 Å². The van der Waals surface area contributed by atoms with Crippen LogP contribution in [0.1, 0.15) is 11.1 Å². The topological polar surface area (TPSA) is 58.4 Å². The number of hydrazone groups is 1. The molecule has 0 saturated carbocycles. The lowest BCUT2D eigenvalue weighted by Crippen LogP contribution is -2.25. The minimum atomic E-state index is -0.205. The van der Waals surface area contributed by atoms with E-state index in [0.29, 0.717) is 0 Å². The smallest absolute Gasteiger partial charge is 0.259 e. The third-order valence-corrected chi connectivity index (χ3v) is 6.66. The fourth-order valence-corrected chi connectivity index (χ4v) is 4.89. The van der Waals surface area contributed by atoms with Crippen molar-refractivity contribution in [3.63, 3.8) is 0 Å². The highest BCUT2D eigenvalue weighted by molar-refractivity contribution is 6.00. The highest BCUT2D eigenvalue weighted by Crippen LogP contribution is 2.25. The molecular weight excluding hydrogens is 456 g/mol. The standard InChI is InChI=1S/C32H26N4O/c37-32(20-33-30-17-8-12-24-10-2-4-15-28(24)30)35-34-19-26-22-36(31-18-6-5-16-29(26)31)21-25-13-7-11-23-9-1-3-14-27(23)25/h1-19,22,33H,20-21H2,(H,35,37)/b34-19-. The highest BCUT2D eigenvalue weighted by atomic mass is 16.2. The predicted molar refractivity (Wildman–Crippen MR) is 153 cm³/mol. The van der Waals surface area contributed by atoms with E-state index in [1.807, 2.05) is 42.5 Å². The van der Waals surface area contributed by atoms with Crippen molar-refractivity contribution < 1.29 is 4.79 Å². The van der Waals surface area contributed by atoms with Gasteiger partial charge in [0.1, 0.15) is 0 Å². The number of fused-ring (bicyclic) bond motifs is 3. The Hall–Kier alpha value is -4.90. The molecule has 0 radical (unpaired) electrons. The summed E-state index contributed by atoms with van der Waals surface area (Å²) in [7, 11) is 0. The number of hydrogen-bond donors (Lipinski definition) is 2. The Morgan fingerprint density at radius 2 is 1.38 bits per heavy atom. The van der Waals surface area contributed by atoms with E-state index in [1.54, 1.807) is 6.21 Å². The number of carbonyl (C=O) groups is 1. The fourth-order valence-electron chi connectivity index (χ4n) is 4.89. The van der Waals surface area contributed by atoms with Gasteiger partial charge in [-0.05, 0) is 33.9 Å². The zero-order valence-electron chi connectivity index (χ0n) is 20.3. The quantitative estimate of drug-likeness (QED) is 0.200. The van der Waals surface area contributed by atoms with Gasteiger partial charge in [0.2, 0.25) is 0 Å². The molecule has 5 nitrogen and oxygen atoms in total. The molecular formula is C32H26N4O. The summed E-state index contributed by atoms with van der Waals surface area (Å²) >= 11 is 0. The normalized spacial score (nSPS) is 11.5. The third-order valence-electron chi connectivity index (χ3n) is 6.66. The Morgan fingerprint density at radius 1 is 0.730 bits per heavy atom. The van der Waals surface area contributed by atoms with E-state index in [1.165, 1.54) is 16.3 Å². The van der Waals surface area contributed by atoms with Gasteiger partial charge in [0.25, 0.3) is 5.91 Å². The van der Waals surface area contributed by atoms with Gasteiger partial charge in [-0.3, -0.25) is 4.79 Å². The van der Waals surface area contributed by atoms with E-state index in [9.17, 15) is 4.79 Å². The van der Waals surface area contributed by atoms with Gasteiger partial charge < -0.3 is 9.88 Å². The molecule has 6 rings (SSSR count). The van der Waals surface area contributed by atoms with Crippen LogP contribution >= 0.6 is 0 Å². The zero-order valence-corrected chi connectivity index (χ0v) is 20.3. The van der Waals surface area contributed by atoms with Gasteiger partial charge in [-0.2, -0.15) is 5.10 Å². The molecule has 0 atom stereocenters. The minimum absolute atomic E-state index is 0.133. The summed E-state index contributed by atoms with van der Waals surface area (Å²) in [4.78, 5) is 12.5. The number of para-hydroxylation sites is 1.